The van der Waals surface area contributed by atoms with E-state index in [0.29, 0.717) is 17.5 Å². The first-order valence-electron chi connectivity index (χ1n) is 17.9. The van der Waals surface area contributed by atoms with Gasteiger partial charge in [-0.25, -0.2) is 4.98 Å². The molecule has 6 fully saturated rings. The number of amides is 1. The van der Waals surface area contributed by atoms with Gasteiger partial charge in [0.2, 0.25) is 11.9 Å². The van der Waals surface area contributed by atoms with Crippen LogP contribution >= 0.6 is 0 Å². The second-order valence-electron chi connectivity index (χ2n) is 15.4. The molecule has 10 heteroatoms. The number of ether oxygens (including phenoxy) is 1. The number of aryl methyl sites for hydroxylation is 1. The smallest absolute Gasteiger partial charge is 0.252 e. The molecule has 5 aliphatic carbocycles. The normalized spacial score (nSPS) is 30.4. The molecule has 2 aromatic heterocycles. The molecule has 1 amide bonds. The number of rotatable bonds is 7. The second kappa shape index (κ2) is 12.1. The molecular formula is C37H49N7O3. The Kier molecular flexibility index (Phi) is 7.89. The summed E-state index contributed by atoms with van der Waals surface area (Å²) in [6.45, 7) is 5.97. The Bertz CT molecular complexity index is 1690. The van der Waals surface area contributed by atoms with Gasteiger partial charge in [-0.05, 0) is 114 Å². The fourth-order valence-electron chi connectivity index (χ4n) is 10.1. The minimum atomic E-state index is -0.121. The number of nitrogens with zero attached hydrogens (tertiary/aromatic N) is 5. The van der Waals surface area contributed by atoms with Crippen molar-refractivity contribution < 1.29 is 9.53 Å². The molecule has 0 unspecified atom stereocenters. The molecule has 6 aliphatic rings. The van der Waals surface area contributed by atoms with Crippen LogP contribution in [0.15, 0.2) is 35.3 Å². The van der Waals surface area contributed by atoms with Crippen molar-refractivity contribution in [3.05, 3.63) is 46.4 Å². The zero-order chi connectivity index (χ0) is 32.3. The van der Waals surface area contributed by atoms with Crippen LogP contribution in [0.5, 0.6) is 5.75 Å². The summed E-state index contributed by atoms with van der Waals surface area (Å²) in [5, 5.41) is 7.75. The lowest BCUT2D eigenvalue weighted by Gasteiger charge is -2.56. The van der Waals surface area contributed by atoms with Crippen molar-refractivity contribution >= 4 is 34.3 Å². The van der Waals surface area contributed by atoms with Crippen LogP contribution in [0.2, 0.25) is 0 Å². The summed E-state index contributed by atoms with van der Waals surface area (Å²) in [6.07, 6.45) is 12.5. The number of likely N-dealkylation sites (N-methyl/N-ethyl adjacent to an activating group) is 1. The standard InChI is InChI=1S/C37H49N7O3/c1-23-14-33(45)44(28-6-4-27(5-7-28)39-35(46)37-19-24-15-25(20-37)17-26(16-24)21-37)34-30(23)22-38-36(41-34)40-31-9-8-29(18-32(31)47-3)43-12-10-42(2)11-13-43/h8-9,14,18,22,24-28H,4-7,10-13,15-17,19-21H2,1-3H3,(H,39,46)(H,38,40,41). The van der Waals surface area contributed by atoms with Crippen LogP contribution < -0.4 is 25.8 Å². The van der Waals surface area contributed by atoms with E-state index in [0.717, 1.165) is 117 Å². The van der Waals surface area contributed by atoms with Crippen LogP contribution in [0, 0.1) is 30.1 Å². The summed E-state index contributed by atoms with van der Waals surface area (Å²) < 4.78 is 7.65. The number of anilines is 3. The Labute approximate surface area is 277 Å². The maximum atomic E-state index is 13.7. The molecule has 3 heterocycles. The Morgan fingerprint density at radius 1 is 0.957 bits per heavy atom. The molecule has 5 saturated carbocycles. The van der Waals surface area contributed by atoms with Gasteiger partial charge in [-0.15, -0.1) is 0 Å². The second-order valence-corrected chi connectivity index (χ2v) is 15.4. The highest BCUT2D eigenvalue weighted by Crippen LogP contribution is 2.60. The van der Waals surface area contributed by atoms with E-state index in [1.165, 1.54) is 19.3 Å². The minimum Gasteiger partial charge on any atom is -0.494 e. The van der Waals surface area contributed by atoms with Gasteiger partial charge < -0.3 is 25.2 Å². The third-order valence-electron chi connectivity index (χ3n) is 12.2. The van der Waals surface area contributed by atoms with Crippen molar-refractivity contribution in [2.24, 2.45) is 23.2 Å². The summed E-state index contributed by atoms with van der Waals surface area (Å²) in [5.41, 5.74) is 3.29. The van der Waals surface area contributed by atoms with Crippen LogP contribution in [0.25, 0.3) is 11.0 Å². The van der Waals surface area contributed by atoms with E-state index in [2.05, 4.69) is 44.6 Å². The Morgan fingerprint density at radius 3 is 2.30 bits per heavy atom. The quantitative estimate of drug-likeness (QED) is 0.353. The Morgan fingerprint density at radius 2 is 1.64 bits per heavy atom. The Hall–Kier alpha value is -3.66. The number of hydrogen-bond donors (Lipinski definition) is 2. The van der Waals surface area contributed by atoms with Gasteiger partial charge in [0, 0.05) is 73.1 Å². The van der Waals surface area contributed by atoms with E-state index >= 15 is 0 Å². The highest BCUT2D eigenvalue weighted by molar-refractivity contribution is 5.83. The molecule has 4 bridgehead atoms. The lowest BCUT2D eigenvalue weighted by atomic mass is 9.49. The van der Waals surface area contributed by atoms with Crippen molar-refractivity contribution in [3.8, 4) is 5.75 Å². The number of benzene rings is 1. The highest BCUT2D eigenvalue weighted by atomic mass is 16.5. The number of pyridine rings is 1. The van der Waals surface area contributed by atoms with Crippen LogP contribution in [0.3, 0.4) is 0 Å². The van der Waals surface area contributed by atoms with E-state index in [-0.39, 0.29) is 23.1 Å². The number of carbonyl (C=O) groups excluding carboxylic acids is 1. The predicted molar refractivity (Wildman–Crippen MR) is 185 cm³/mol. The first-order chi connectivity index (χ1) is 22.8. The van der Waals surface area contributed by atoms with Gasteiger partial charge >= 0.3 is 0 Å². The first kappa shape index (κ1) is 30.7. The van der Waals surface area contributed by atoms with Crippen molar-refractivity contribution in [1.82, 2.24) is 24.8 Å². The molecule has 2 N–H and O–H groups in total. The van der Waals surface area contributed by atoms with Crippen molar-refractivity contribution in [2.45, 2.75) is 83.2 Å². The molecule has 0 atom stereocenters. The van der Waals surface area contributed by atoms with Crippen LogP contribution in [0.1, 0.15) is 75.8 Å². The average Bonchev–Trinajstić information content (AvgIpc) is 3.05. The molecule has 1 aliphatic heterocycles. The predicted octanol–water partition coefficient (Wildman–Crippen LogP) is 5.42. The molecule has 250 valence electrons. The van der Waals surface area contributed by atoms with Gasteiger partial charge in [-0.3, -0.25) is 14.2 Å². The van der Waals surface area contributed by atoms with Crippen molar-refractivity contribution in [2.75, 3.05) is 50.6 Å². The lowest BCUT2D eigenvalue weighted by Crippen LogP contribution is -2.55. The Balaban J connectivity index is 0.985. The molecule has 0 spiro atoms. The number of nitrogens with one attached hydrogen (secondary N) is 2. The summed E-state index contributed by atoms with van der Waals surface area (Å²) in [6, 6.07) is 8.10. The van der Waals surface area contributed by atoms with Gasteiger partial charge in [-0.2, -0.15) is 4.98 Å². The van der Waals surface area contributed by atoms with Crippen LogP contribution in [-0.2, 0) is 4.79 Å². The zero-order valence-electron chi connectivity index (χ0n) is 28.1. The van der Waals surface area contributed by atoms with E-state index in [9.17, 15) is 9.59 Å². The fraction of sp³-hybridized carbons (Fsp3) is 0.622. The number of hydrogen-bond acceptors (Lipinski definition) is 8. The number of carbonyl (C=O) groups is 1. The van der Waals surface area contributed by atoms with Crippen LogP contribution in [0.4, 0.5) is 17.3 Å². The third kappa shape index (κ3) is 5.76. The topological polar surface area (TPSA) is 105 Å². The van der Waals surface area contributed by atoms with Gasteiger partial charge in [0.25, 0.3) is 5.56 Å². The molecule has 10 nitrogen and oxygen atoms in total. The maximum Gasteiger partial charge on any atom is 0.252 e. The molecule has 1 saturated heterocycles. The van der Waals surface area contributed by atoms with E-state index in [1.54, 1.807) is 13.2 Å². The van der Waals surface area contributed by atoms with E-state index < -0.39 is 0 Å². The summed E-state index contributed by atoms with van der Waals surface area (Å²) in [7, 11) is 3.84. The fourth-order valence-corrected chi connectivity index (χ4v) is 10.1. The number of piperazine rings is 1. The van der Waals surface area contributed by atoms with Gasteiger partial charge in [0.1, 0.15) is 11.4 Å². The maximum absolute atomic E-state index is 13.7. The van der Waals surface area contributed by atoms with Gasteiger partial charge in [-0.1, -0.05) is 0 Å². The first-order valence-corrected chi connectivity index (χ1v) is 17.9. The summed E-state index contributed by atoms with van der Waals surface area (Å²) >= 11 is 0. The largest absolute Gasteiger partial charge is 0.494 e. The van der Waals surface area contributed by atoms with Gasteiger partial charge in [0.15, 0.2) is 0 Å². The molecular weight excluding hydrogens is 590 g/mol. The SMILES string of the molecule is COc1cc(N2CCN(C)CC2)ccc1Nc1ncc2c(C)cc(=O)n(C3CCC(NC(=O)C45CC6CC(CC(C6)C4)C5)CC3)c2n1. The van der Waals surface area contributed by atoms with Crippen molar-refractivity contribution in [1.29, 1.82) is 0 Å². The molecule has 1 aromatic carbocycles. The number of fused-ring (bicyclic) bond motifs is 1. The van der Waals surface area contributed by atoms with Gasteiger partial charge in [0.05, 0.1) is 12.8 Å². The van der Waals surface area contributed by atoms with E-state index in [1.807, 2.05) is 23.8 Å². The average molecular weight is 640 g/mol. The van der Waals surface area contributed by atoms with Crippen LogP contribution in [-0.4, -0.2) is 71.7 Å². The zero-order valence-corrected chi connectivity index (χ0v) is 28.1. The molecule has 9 rings (SSSR count). The number of methoxy groups -OCH3 is 1. The highest BCUT2D eigenvalue weighted by Gasteiger charge is 2.54. The molecule has 47 heavy (non-hydrogen) atoms. The number of aromatic nitrogens is 3. The third-order valence-corrected chi connectivity index (χ3v) is 12.2. The van der Waals surface area contributed by atoms with Crippen molar-refractivity contribution in [3.63, 3.8) is 0 Å². The monoisotopic (exact) mass is 639 g/mol. The molecule has 3 aromatic rings. The summed E-state index contributed by atoms with van der Waals surface area (Å²) in [5.74, 6) is 3.74. The lowest BCUT2D eigenvalue weighted by molar-refractivity contribution is -0.147. The van der Waals surface area contributed by atoms with E-state index in [4.69, 9.17) is 9.72 Å². The summed E-state index contributed by atoms with van der Waals surface area (Å²) in [4.78, 5) is 41.6. The minimum absolute atomic E-state index is 0.0264. The molecule has 0 radical (unpaired) electrons.